The van der Waals surface area contributed by atoms with Gasteiger partial charge in [-0.2, -0.15) is 0 Å². The maximum absolute atomic E-state index is 5.40. The van der Waals surface area contributed by atoms with Gasteiger partial charge in [-0.3, -0.25) is 0 Å². The first kappa shape index (κ1) is 13.5. The van der Waals surface area contributed by atoms with Gasteiger partial charge >= 0.3 is 0 Å². The van der Waals surface area contributed by atoms with Crippen LogP contribution >= 0.6 is 15.9 Å². The van der Waals surface area contributed by atoms with E-state index in [1.54, 1.807) is 0 Å². The first-order valence-electron chi connectivity index (χ1n) is 6.15. The van der Waals surface area contributed by atoms with Gasteiger partial charge < -0.3 is 10.9 Å². The summed E-state index contributed by atoms with van der Waals surface area (Å²) in [6, 6.07) is 0.981. The molecule has 1 aliphatic heterocycles. The lowest BCUT2D eigenvalue weighted by atomic mass is 10.00. The summed E-state index contributed by atoms with van der Waals surface area (Å²) in [5.74, 6) is 6.70. The first-order chi connectivity index (χ1) is 8.63. The number of piperidine rings is 1. The molecular weight excluding hydrogens is 296 g/mol. The molecule has 6 nitrogen and oxygen atoms in total. The van der Waals surface area contributed by atoms with Crippen LogP contribution in [0, 0.1) is 0 Å². The zero-order chi connectivity index (χ0) is 13.1. The van der Waals surface area contributed by atoms with E-state index in [1.807, 2.05) is 0 Å². The van der Waals surface area contributed by atoms with Gasteiger partial charge in [-0.15, -0.1) is 0 Å². The van der Waals surface area contributed by atoms with E-state index < -0.39 is 0 Å². The van der Waals surface area contributed by atoms with Gasteiger partial charge in [-0.05, 0) is 42.6 Å². The Hall–Kier alpha value is -0.920. The van der Waals surface area contributed by atoms with Crippen molar-refractivity contribution in [1.82, 2.24) is 15.0 Å². The Labute approximate surface area is 115 Å². The Morgan fingerprint density at radius 3 is 2.50 bits per heavy atom. The van der Waals surface area contributed by atoms with Crippen LogP contribution in [0.2, 0.25) is 0 Å². The fourth-order valence-electron chi connectivity index (χ4n) is 2.31. The standard InChI is InChI=1S/C11H19BrN6/c1-7-4-3-5-8(2)18(7)17-11-9(12)10(16-13)14-6-15-11/h6-8H,3-5,13H2,1-2H3,(H2,14,15,16,17). The van der Waals surface area contributed by atoms with Gasteiger partial charge in [0.15, 0.2) is 11.6 Å². The number of anilines is 2. The molecule has 1 saturated heterocycles. The molecule has 1 aliphatic rings. The summed E-state index contributed by atoms with van der Waals surface area (Å²) in [6.45, 7) is 4.44. The Kier molecular flexibility index (Phi) is 4.36. The van der Waals surface area contributed by atoms with Crippen LogP contribution < -0.4 is 16.7 Å². The molecule has 2 rings (SSSR count). The SMILES string of the molecule is CC1CCCC(C)N1Nc1ncnc(NN)c1Br. The lowest BCUT2D eigenvalue weighted by Gasteiger charge is -2.39. The van der Waals surface area contributed by atoms with Crippen molar-refractivity contribution in [3.05, 3.63) is 10.8 Å². The van der Waals surface area contributed by atoms with Gasteiger partial charge in [0.25, 0.3) is 0 Å². The summed E-state index contributed by atoms with van der Waals surface area (Å²) >= 11 is 3.45. The number of nitrogens with one attached hydrogen (secondary N) is 2. The molecule has 100 valence electrons. The van der Waals surface area contributed by atoms with Gasteiger partial charge in [0, 0.05) is 12.1 Å². The van der Waals surface area contributed by atoms with Crippen LogP contribution in [0.15, 0.2) is 10.8 Å². The third kappa shape index (κ3) is 2.73. The monoisotopic (exact) mass is 314 g/mol. The Bertz CT molecular complexity index is 403. The summed E-state index contributed by atoms with van der Waals surface area (Å²) in [6.07, 6.45) is 5.16. The Morgan fingerprint density at radius 2 is 1.89 bits per heavy atom. The minimum absolute atomic E-state index is 0.491. The molecule has 0 amide bonds. The second-order valence-corrected chi connectivity index (χ2v) is 5.47. The number of rotatable bonds is 3. The molecule has 7 heteroatoms. The summed E-state index contributed by atoms with van der Waals surface area (Å²) in [4.78, 5) is 8.28. The van der Waals surface area contributed by atoms with Crippen molar-refractivity contribution in [2.75, 3.05) is 10.9 Å². The van der Waals surface area contributed by atoms with Crippen LogP contribution in [0.1, 0.15) is 33.1 Å². The maximum Gasteiger partial charge on any atom is 0.160 e. The van der Waals surface area contributed by atoms with Crippen molar-refractivity contribution in [2.45, 2.75) is 45.2 Å². The van der Waals surface area contributed by atoms with Crippen LogP contribution in [0.5, 0.6) is 0 Å². The predicted molar refractivity (Wildman–Crippen MR) is 75.8 cm³/mol. The molecule has 2 atom stereocenters. The van der Waals surface area contributed by atoms with Crippen molar-refractivity contribution < 1.29 is 0 Å². The van der Waals surface area contributed by atoms with Gasteiger partial charge in [0.1, 0.15) is 10.8 Å². The van der Waals surface area contributed by atoms with E-state index in [4.69, 9.17) is 5.84 Å². The zero-order valence-electron chi connectivity index (χ0n) is 10.7. The van der Waals surface area contributed by atoms with E-state index in [-0.39, 0.29) is 0 Å². The normalized spacial score (nSPS) is 24.9. The highest BCUT2D eigenvalue weighted by molar-refractivity contribution is 9.10. The molecule has 1 aromatic heterocycles. The molecule has 0 aliphatic carbocycles. The smallest absolute Gasteiger partial charge is 0.160 e. The number of hydrogen-bond donors (Lipinski definition) is 3. The number of halogens is 1. The summed E-state index contributed by atoms with van der Waals surface area (Å²) in [5, 5.41) is 2.25. The quantitative estimate of drug-likeness (QED) is 0.586. The topological polar surface area (TPSA) is 79.1 Å². The van der Waals surface area contributed by atoms with Crippen molar-refractivity contribution in [1.29, 1.82) is 0 Å². The molecule has 1 fully saturated rings. The summed E-state index contributed by atoms with van der Waals surface area (Å²) in [5.41, 5.74) is 5.90. The highest BCUT2D eigenvalue weighted by atomic mass is 79.9. The van der Waals surface area contributed by atoms with Gasteiger partial charge in [-0.1, -0.05) is 6.42 Å². The minimum Gasteiger partial charge on any atom is -0.307 e. The summed E-state index contributed by atoms with van der Waals surface area (Å²) < 4.78 is 0.748. The molecule has 0 bridgehead atoms. The molecule has 0 saturated carbocycles. The van der Waals surface area contributed by atoms with E-state index in [0.717, 1.165) is 10.3 Å². The third-order valence-electron chi connectivity index (χ3n) is 3.35. The number of aromatic nitrogens is 2. The second kappa shape index (κ2) is 5.81. The van der Waals surface area contributed by atoms with E-state index in [2.05, 4.69) is 55.6 Å². The average Bonchev–Trinajstić information content (AvgIpc) is 2.36. The van der Waals surface area contributed by atoms with Crippen LogP contribution in [0.25, 0.3) is 0 Å². The van der Waals surface area contributed by atoms with E-state index in [9.17, 15) is 0 Å². The van der Waals surface area contributed by atoms with E-state index in [0.29, 0.717) is 17.9 Å². The molecule has 18 heavy (non-hydrogen) atoms. The molecular formula is C11H19BrN6. The number of hydrazine groups is 2. The van der Waals surface area contributed by atoms with Gasteiger partial charge in [0.2, 0.25) is 0 Å². The van der Waals surface area contributed by atoms with Crippen LogP contribution in [-0.4, -0.2) is 27.1 Å². The minimum atomic E-state index is 0.491. The lowest BCUT2D eigenvalue weighted by Crippen LogP contribution is -2.47. The van der Waals surface area contributed by atoms with Crippen molar-refractivity contribution in [2.24, 2.45) is 5.84 Å². The number of nitrogen functional groups attached to an aromatic ring is 1. The zero-order valence-corrected chi connectivity index (χ0v) is 12.2. The van der Waals surface area contributed by atoms with Crippen LogP contribution in [-0.2, 0) is 0 Å². The highest BCUT2D eigenvalue weighted by Gasteiger charge is 2.25. The maximum atomic E-state index is 5.40. The number of nitrogens with two attached hydrogens (primary N) is 1. The Morgan fingerprint density at radius 1 is 1.28 bits per heavy atom. The lowest BCUT2D eigenvalue weighted by molar-refractivity contribution is 0.135. The van der Waals surface area contributed by atoms with Crippen molar-refractivity contribution in [3.63, 3.8) is 0 Å². The van der Waals surface area contributed by atoms with Crippen LogP contribution in [0.3, 0.4) is 0 Å². The van der Waals surface area contributed by atoms with Crippen molar-refractivity contribution >= 4 is 27.6 Å². The second-order valence-electron chi connectivity index (χ2n) is 4.68. The first-order valence-corrected chi connectivity index (χ1v) is 6.95. The van der Waals surface area contributed by atoms with Crippen molar-refractivity contribution in [3.8, 4) is 0 Å². The fraction of sp³-hybridized carbons (Fsp3) is 0.636. The third-order valence-corrected chi connectivity index (χ3v) is 4.11. The molecule has 2 unspecified atom stereocenters. The highest BCUT2D eigenvalue weighted by Crippen LogP contribution is 2.29. The molecule has 1 aromatic rings. The molecule has 0 spiro atoms. The average molecular weight is 315 g/mol. The molecule has 2 heterocycles. The van der Waals surface area contributed by atoms with E-state index >= 15 is 0 Å². The summed E-state index contributed by atoms with van der Waals surface area (Å²) in [7, 11) is 0. The molecule has 0 radical (unpaired) electrons. The molecule has 0 aromatic carbocycles. The fourth-order valence-corrected chi connectivity index (χ4v) is 2.72. The Balaban J connectivity index is 2.17. The van der Waals surface area contributed by atoms with Gasteiger partial charge in [0.05, 0.1) is 0 Å². The van der Waals surface area contributed by atoms with E-state index in [1.165, 1.54) is 25.6 Å². The number of hydrogen-bond acceptors (Lipinski definition) is 6. The largest absolute Gasteiger partial charge is 0.307 e. The molecule has 4 N–H and O–H groups in total. The van der Waals surface area contributed by atoms with Gasteiger partial charge in [-0.25, -0.2) is 20.8 Å². The predicted octanol–water partition coefficient (Wildman–Crippen LogP) is 2.11. The van der Waals surface area contributed by atoms with Crippen LogP contribution in [0.4, 0.5) is 11.6 Å². The number of nitrogens with zero attached hydrogens (tertiary/aromatic N) is 3.